The second kappa shape index (κ2) is 5.07. The Labute approximate surface area is 99.3 Å². The highest BCUT2D eigenvalue weighted by molar-refractivity contribution is 5.23. The lowest BCUT2D eigenvalue weighted by atomic mass is 10.1. The number of nitrogens with two attached hydrogens (primary N) is 1. The molecule has 0 saturated heterocycles. The van der Waals surface area contributed by atoms with E-state index in [1.807, 2.05) is 31.2 Å². The van der Waals surface area contributed by atoms with Crippen molar-refractivity contribution < 1.29 is 9.63 Å². The number of hydrogen-bond acceptors (Lipinski definition) is 5. The van der Waals surface area contributed by atoms with Crippen molar-refractivity contribution in [1.82, 2.24) is 10.1 Å². The van der Waals surface area contributed by atoms with Crippen molar-refractivity contribution in [2.24, 2.45) is 5.73 Å². The third-order valence-corrected chi connectivity index (χ3v) is 2.47. The summed E-state index contributed by atoms with van der Waals surface area (Å²) < 4.78 is 4.92. The fourth-order valence-electron chi connectivity index (χ4n) is 1.46. The van der Waals surface area contributed by atoms with Crippen molar-refractivity contribution >= 4 is 0 Å². The molecule has 1 aromatic heterocycles. The first-order valence-corrected chi connectivity index (χ1v) is 5.45. The average molecular weight is 233 g/mol. The number of aliphatic hydroxyl groups excluding tert-OH is 1. The molecular formula is C12H15N3O2. The van der Waals surface area contributed by atoms with Gasteiger partial charge in [0, 0.05) is 13.0 Å². The van der Waals surface area contributed by atoms with Crippen LogP contribution in [-0.2, 0) is 6.42 Å². The maximum Gasteiger partial charge on any atom is 0.256 e. The van der Waals surface area contributed by atoms with E-state index in [2.05, 4.69) is 10.1 Å². The monoisotopic (exact) mass is 233 g/mol. The molecule has 5 heteroatoms. The quantitative estimate of drug-likeness (QED) is 0.821. The summed E-state index contributed by atoms with van der Waals surface area (Å²) in [6.45, 7) is 2.11. The molecule has 0 aliphatic carbocycles. The molecule has 17 heavy (non-hydrogen) atoms. The van der Waals surface area contributed by atoms with Gasteiger partial charge in [-0.15, -0.1) is 0 Å². The molecule has 0 fully saturated rings. The first-order chi connectivity index (χ1) is 8.19. The Hall–Kier alpha value is -1.72. The molecule has 0 radical (unpaired) electrons. The third-order valence-electron chi connectivity index (χ3n) is 2.47. The zero-order valence-electron chi connectivity index (χ0n) is 9.63. The molecular weight excluding hydrogens is 218 g/mol. The predicted octanol–water partition coefficient (Wildman–Crippen LogP) is 0.961. The van der Waals surface area contributed by atoms with Gasteiger partial charge in [0.25, 0.3) is 5.89 Å². The van der Waals surface area contributed by atoms with E-state index in [4.69, 9.17) is 10.3 Å². The van der Waals surface area contributed by atoms with Crippen LogP contribution in [0.1, 0.15) is 28.9 Å². The number of nitrogens with zero attached hydrogens (tertiary/aromatic N) is 2. The lowest BCUT2D eigenvalue weighted by molar-refractivity contribution is 0.141. The van der Waals surface area contributed by atoms with Gasteiger partial charge in [0.2, 0.25) is 0 Å². The van der Waals surface area contributed by atoms with Gasteiger partial charge in [0.15, 0.2) is 5.82 Å². The Balaban J connectivity index is 2.08. The maximum absolute atomic E-state index is 9.42. The lowest BCUT2D eigenvalue weighted by Crippen LogP contribution is -2.11. The molecule has 0 bridgehead atoms. The molecule has 1 aromatic carbocycles. The fourth-order valence-corrected chi connectivity index (χ4v) is 1.46. The van der Waals surface area contributed by atoms with Crippen LogP contribution in [-0.4, -0.2) is 21.8 Å². The summed E-state index contributed by atoms with van der Waals surface area (Å²) in [5, 5.41) is 13.2. The van der Waals surface area contributed by atoms with E-state index >= 15 is 0 Å². The van der Waals surface area contributed by atoms with E-state index in [9.17, 15) is 5.11 Å². The van der Waals surface area contributed by atoms with Crippen LogP contribution in [0.15, 0.2) is 28.8 Å². The van der Waals surface area contributed by atoms with Crippen molar-refractivity contribution in [3.05, 3.63) is 47.1 Å². The Kier molecular flexibility index (Phi) is 3.51. The molecule has 2 rings (SSSR count). The highest BCUT2D eigenvalue weighted by atomic mass is 16.5. The Morgan fingerprint density at radius 3 is 2.71 bits per heavy atom. The Bertz CT molecular complexity index is 479. The van der Waals surface area contributed by atoms with E-state index in [-0.39, 0.29) is 12.4 Å². The Morgan fingerprint density at radius 1 is 1.35 bits per heavy atom. The van der Waals surface area contributed by atoms with Gasteiger partial charge in [-0.1, -0.05) is 35.0 Å². The summed E-state index contributed by atoms with van der Waals surface area (Å²) >= 11 is 0. The standard InChI is InChI=1S/C12H15N3O2/c1-8-2-4-9(5-3-8)6-11-14-12(17-15-11)10(16)7-13/h2-5,10,16H,6-7,13H2,1H3. The largest absolute Gasteiger partial charge is 0.382 e. The van der Waals surface area contributed by atoms with Gasteiger partial charge in [-0.3, -0.25) is 0 Å². The van der Waals surface area contributed by atoms with Gasteiger partial charge in [-0.05, 0) is 12.5 Å². The van der Waals surface area contributed by atoms with E-state index < -0.39 is 6.10 Å². The summed E-state index contributed by atoms with van der Waals surface area (Å²) in [6, 6.07) is 8.10. The first kappa shape index (κ1) is 11.8. The summed E-state index contributed by atoms with van der Waals surface area (Å²) in [5.74, 6) is 0.728. The molecule has 3 N–H and O–H groups in total. The predicted molar refractivity (Wildman–Crippen MR) is 62.3 cm³/mol. The van der Waals surface area contributed by atoms with Crippen molar-refractivity contribution in [3.63, 3.8) is 0 Å². The molecule has 0 aliphatic heterocycles. The summed E-state index contributed by atoms with van der Waals surface area (Å²) in [4.78, 5) is 4.09. The second-order valence-corrected chi connectivity index (χ2v) is 3.96. The van der Waals surface area contributed by atoms with E-state index in [0.29, 0.717) is 12.2 Å². The molecule has 0 spiro atoms. The van der Waals surface area contributed by atoms with Crippen LogP contribution in [0.5, 0.6) is 0 Å². The van der Waals surface area contributed by atoms with Crippen LogP contribution in [0.25, 0.3) is 0 Å². The normalized spacial score (nSPS) is 12.6. The van der Waals surface area contributed by atoms with Gasteiger partial charge >= 0.3 is 0 Å². The molecule has 1 atom stereocenters. The molecule has 90 valence electrons. The van der Waals surface area contributed by atoms with Gasteiger partial charge in [-0.2, -0.15) is 4.98 Å². The van der Waals surface area contributed by atoms with Crippen LogP contribution in [0.2, 0.25) is 0 Å². The van der Waals surface area contributed by atoms with Crippen molar-refractivity contribution in [1.29, 1.82) is 0 Å². The Morgan fingerprint density at radius 2 is 2.06 bits per heavy atom. The van der Waals surface area contributed by atoms with Crippen LogP contribution in [0, 0.1) is 6.92 Å². The van der Waals surface area contributed by atoms with Gasteiger partial charge in [0.1, 0.15) is 6.10 Å². The molecule has 2 aromatic rings. The zero-order valence-corrected chi connectivity index (χ0v) is 9.63. The van der Waals surface area contributed by atoms with Gasteiger partial charge in [-0.25, -0.2) is 0 Å². The average Bonchev–Trinajstić information content (AvgIpc) is 2.80. The van der Waals surface area contributed by atoms with E-state index in [0.717, 1.165) is 5.56 Å². The number of rotatable bonds is 4. The second-order valence-electron chi connectivity index (χ2n) is 3.96. The summed E-state index contributed by atoms with van der Waals surface area (Å²) in [7, 11) is 0. The molecule has 5 nitrogen and oxygen atoms in total. The fraction of sp³-hybridized carbons (Fsp3) is 0.333. The van der Waals surface area contributed by atoms with Crippen LogP contribution < -0.4 is 5.73 Å². The summed E-state index contributed by atoms with van der Waals surface area (Å²) in [5.41, 5.74) is 7.62. The van der Waals surface area contributed by atoms with Crippen molar-refractivity contribution in [2.45, 2.75) is 19.4 Å². The zero-order chi connectivity index (χ0) is 12.3. The molecule has 0 saturated carbocycles. The SMILES string of the molecule is Cc1ccc(Cc2noc(C(O)CN)n2)cc1. The number of aromatic nitrogens is 2. The van der Waals surface area contributed by atoms with Gasteiger partial charge in [0.05, 0.1) is 0 Å². The van der Waals surface area contributed by atoms with Crippen LogP contribution in [0.3, 0.4) is 0 Å². The first-order valence-electron chi connectivity index (χ1n) is 5.45. The number of aryl methyl sites for hydroxylation is 1. The molecule has 1 heterocycles. The highest BCUT2D eigenvalue weighted by Gasteiger charge is 2.14. The number of benzene rings is 1. The van der Waals surface area contributed by atoms with Crippen molar-refractivity contribution in [3.8, 4) is 0 Å². The smallest absolute Gasteiger partial charge is 0.256 e. The molecule has 0 aliphatic rings. The number of hydrogen-bond donors (Lipinski definition) is 2. The number of aliphatic hydroxyl groups is 1. The third kappa shape index (κ3) is 2.89. The van der Waals surface area contributed by atoms with Crippen LogP contribution >= 0.6 is 0 Å². The maximum atomic E-state index is 9.42. The highest BCUT2D eigenvalue weighted by Crippen LogP contribution is 2.12. The minimum absolute atomic E-state index is 0.0756. The molecule has 1 unspecified atom stereocenters. The lowest BCUT2D eigenvalue weighted by Gasteiger charge is -1.98. The van der Waals surface area contributed by atoms with Gasteiger partial charge < -0.3 is 15.4 Å². The van der Waals surface area contributed by atoms with E-state index in [1.54, 1.807) is 0 Å². The minimum Gasteiger partial charge on any atom is -0.382 e. The van der Waals surface area contributed by atoms with Crippen LogP contribution in [0.4, 0.5) is 0 Å². The topological polar surface area (TPSA) is 85.2 Å². The van der Waals surface area contributed by atoms with E-state index in [1.165, 1.54) is 5.56 Å². The minimum atomic E-state index is -0.880. The van der Waals surface area contributed by atoms with Crippen molar-refractivity contribution in [2.75, 3.05) is 6.54 Å². The molecule has 0 amide bonds. The summed E-state index contributed by atoms with van der Waals surface area (Å²) in [6.07, 6.45) is -0.296.